The van der Waals surface area contributed by atoms with Gasteiger partial charge in [-0.15, -0.1) is 0 Å². The summed E-state index contributed by atoms with van der Waals surface area (Å²) in [5.74, 6) is -2.77. The number of carboxylic acids is 1. The predicted octanol–water partition coefficient (Wildman–Crippen LogP) is 3.08. The summed E-state index contributed by atoms with van der Waals surface area (Å²) in [6, 6.07) is 12.7. The van der Waals surface area contributed by atoms with Gasteiger partial charge in [0.2, 0.25) is 15.9 Å². The molecule has 2 atom stereocenters. The molecule has 1 saturated heterocycles. The first-order valence-corrected chi connectivity index (χ1v) is 12.2. The molecule has 1 spiro atoms. The zero-order valence-corrected chi connectivity index (χ0v) is 20.0. The molecule has 1 N–H and O–H groups in total. The standard InChI is InChI=1S/C21H25N3O3S.C2HF3O2/c1-16-6-5-8-18(12-16)28(26,27)24-11-9-21(15-24)13-19(21)20(25)23(2)14-17-7-3-4-10-22-17;3-2(4,5)1(6)7/h3-8,10,12,19H,9,11,13-15H2,1-2H3;(H,6,7). The maximum atomic E-state index is 13.0. The van der Waals surface area contributed by atoms with Crippen LogP contribution in [0.4, 0.5) is 13.2 Å². The van der Waals surface area contributed by atoms with Crippen molar-refractivity contribution in [3.05, 3.63) is 59.9 Å². The summed E-state index contributed by atoms with van der Waals surface area (Å²) < 4.78 is 59.2. The highest BCUT2D eigenvalue weighted by atomic mass is 32.2. The Morgan fingerprint density at radius 3 is 2.49 bits per heavy atom. The number of hydrogen-bond donors (Lipinski definition) is 1. The summed E-state index contributed by atoms with van der Waals surface area (Å²) in [5.41, 5.74) is 1.57. The first kappa shape index (κ1) is 26.6. The van der Waals surface area contributed by atoms with Crippen LogP contribution >= 0.6 is 0 Å². The molecule has 190 valence electrons. The number of nitrogens with zero attached hydrogens (tertiary/aromatic N) is 3. The lowest BCUT2D eigenvalue weighted by atomic mass is 10.0. The third kappa shape index (κ3) is 6.17. The average Bonchev–Trinajstić information content (AvgIpc) is 3.31. The van der Waals surface area contributed by atoms with Crippen molar-refractivity contribution in [3.63, 3.8) is 0 Å². The molecule has 1 aromatic carbocycles. The number of carboxylic acid groups (broad SMARTS) is 1. The molecule has 1 amide bonds. The van der Waals surface area contributed by atoms with Gasteiger partial charge in [-0.2, -0.15) is 17.5 Å². The fraction of sp³-hybridized carbons (Fsp3) is 0.435. The van der Waals surface area contributed by atoms with Gasteiger partial charge in [-0.05, 0) is 55.0 Å². The summed E-state index contributed by atoms with van der Waals surface area (Å²) in [6.07, 6.45) is -1.86. The number of aromatic nitrogens is 1. The zero-order valence-electron chi connectivity index (χ0n) is 19.2. The Hall–Kier alpha value is -2.99. The van der Waals surface area contributed by atoms with Crippen LogP contribution in [0.3, 0.4) is 0 Å². The van der Waals surface area contributed by atoms with Gasteiger partial charge in [0, 0.05) is 32.3 Å². The number of carbonyl (C=O) groups excluding carboxylic acids is 1. The van der Waals surface area contributed by atoms with E-state index in [1.165, 1.54) is 0 Å². The van der Waals surface area contributed by atoms with Crippen molar-refractivity contribution in [1.82, 2.24) is 14.2 Å². The Morgan fingerprint density at radius 1 is 1.23 bits per heavy atom. The van der Waals surface area contributed by atoms with E-state index in [2.05, 4.69) is 4.98 Å². The Bertz CT molecular complexity index is 1190. The van der Waals surface area contributed by atoms with E-state index in [0.717, 1.165) is 24.1 Å². The van der Waals surface area contributed by atoms with Crippen LogP contribution in [0.5, 0.6) is 0 Å². The van der Waals surface area contributed by atoms with Crippen molar-refractivity contribution < 1.29 is 36.3 Å². The fourth-order valence-corrected chi connectivity index (χ4v) is 5.86. The molecule has 2 fully saturated rings. The molecule has 1 saturated carbocycles. The summed E-state index contributed by atoms with van der Waals surface area (Å²) in [5, 5.41) is 7.12. The van der Waals surface area contributed by atoms with Gasteiger partial charge in [0.15, 0.2) is 0 Å². The maximum Gasteiger partial charge on any atom is 0.490 e. The molecule has 2 unspecified atom stereocenters. The Labute approximate surface area is 201 Å². The monoisotopic (exact) mass is 513 g/mol. The molecule has 2 aliphatic rings. The minimum absolute atomic E-state index is 0.0838. The fourth-order valence-electron chi connectivity index (χ4n) is 4.21. The molecule has 12 heteroatoms. The van der Waals surface area contributed by atoms with Crippen LogP contribution in [-0.2, 0) is 26.2 Å². The lowest BCUT2D eigenvalue weighted by Gasteiger charge is -2.19. The van der Waals surface area contributed by atoms with E-state index in [9.17, 15) is 26.4 Å². The van der Waals surface area contributed by atoms with Crippen LogP contribution in [0.15, 0.2) is 53.6 Å². The molecular weight excluding hydrogens is 487 g/mol. The highest BCUT2D eigenvalue weighted by Crippen LogP contribution is 2.59. The van der Waals surface area contributed by atoms with Crippen LogP contribution in [0.25, 0.3) is 0 Å². The highest BCUT2D eigenvalue weighted by Gasteiger charge is 2.62. The van der Waals surface area contributed by atoms with Crippen LogP contribution in [0.1, 0.15) is 24.1 Å². The number of sulfonamides is 1. The number of amides is 1. The van der Waals surface area contributed by atoms with Gasteiger partial charge in [0.05, 0.1) is 17.1 Å². The zero-order chi connectivity index (χ0) is 26.0. The van der Waals surface area contributed by atoms with Crippen LogP contribution in [-0.4, -0.2) is 65.9 Å². The van der Waals surface area contributed by atoms with Crippen molar-refractivity contribution in [2.24, 2.45) is 11.3 Å². The van der Waals surface area contributed by atoms with Gasteiger partial charge < -0.3 is 10.0 Å². The van der Waals surface area contributed by atoms with Gasteiger partial charge in [0.25, 0.3) is 0 Å². The summed E-state index contributed by atoms with van der Waals surface area (Å²) in [7, 11) is -1.72. The van der Waals surface area contributed by atoms with Crippen molar-refractivity contribution >= 4 is 21.9 Å². The molecule has 1 aromatic heterocycles. The van der Waals surface area contributed by atoms with Gasteiger partial charge >= 0.3 is 12.1 Å². The topological polar surface area (TPSA) is 108 Å². The quantitative estimate of drug-likeness (QED) is 0.659. The first-order chi connectivity index (χ1) is 16.3. The van der Waals surface area contributed by atoms with E-state index < -0.39 is 22.2 Å². The number of carbonyl (C=O) groups is 2. The number of rotatable bonds is 5. The molecule has 2 heterocycles. The molecule has 1 aliphatic heterocycles. The molecule has 2 aromatic rings. The molecule has 8 nitrogen and oxygen atoms in total. The summed E-state index contributed by atoms with van der Waals surface area (Å²) in [6.45, 7) is 3.26. The van der Waals surface area contributed by atoms with Gasteiger partial charge in [-0.1, -0.05) is 18.2 Å². The maximum absolute atomic E-state index is 13.0. The van der Waals surface area contributed by atoms with Crippen LogP contribution < -0.4 is 0 Å². The third-order valence-corrected chi connectivity index (χ3v) is 8.05. The van der Waals surface area contributed by atoms with E-state index in [1.807, 2.05) is 31.2 Å². The van der Waals surface area contributed by atoms with Crippen molar-refractivity contribution in [2.45, 2.75) is 37.4 Å². The van der Waals surface area contributed by atoms with Gasteiger partial charge in [-0.3, -0.25) is 9.78 Å². The summed E-state index contributed by atoms with van der Waals surface area (Å²) in [4.78, 5) is 28.1. The second-order valence-corrected chi connectivity index (χ2v) is 10.8. The smallest absolute Gasteiger partial charge is 0.475 e. The number of benzene rings is 1. The molecule has 35 heavy (non-hydrogen) atoms. The number of aliphatic carboxylic acids is 1. The van der Waals surface area contributed by atoms with Crippen LogP contribution in [0, 0.1) is 18.3 Å². The van der Waals surface area contributed by atoms with Crippen molar-refractivity contribution in [1.29, 1.82) is 0 Å². The van der Waals surface area contributed by atoms with E-state index in [-0.39, 0.29) is 17.2 Å². The third-order valence-electron chi connectivity index (χ3n) is 6.21. The van der Waals surface area contributed by atoms with Crippen molar-refractivity contribution in [3.8, 4) is 0 Å². The Kier molecular flexibility index (Phi) is 7.56. The van der Waals surface area contributed by atoms with Gasteiger partial charge in [-0.25, -0.2) is 13.2 Å². The molecule has 4 rings (SSSR count). The minimum Gasteiger partial charge on any atom is -0.475 e. The lowest BCUT2D eigenvalue weighted by molar-refractivity contribution is -0.192. The molecule has 1 aliphatic carbocycles. The van der Waals surface area contributed by atoms with E-state index in [0.29, 0.717) is 24.5 Å². The van der Waals surface area contributed by atoms with E-state index >= 15 is 0 Å². The van der Waals surface area contributed by atoms with Gasteiger partial charge in [0.1, 0.15) is 0 Å². The molecule has 0 radical (unpaired) electrons. The van der Waals surface area contributed by atoms with Crippen molar-refractivity contribution in [2.75, 3.05) is 20.1 Å². The van der Waals surface area contributed by atoms with E-state index in [4.69, 9.17) is 9.90 Å². The number of aryl methyl sites for hydroxylation is 1. The number of halogens is 3. The van der Waals surface area contributed by atoms with Crippen LogP contribution in [0.2, 0.25) is 0 Å². The largest absolute Gasteiger partial charge is 0.490 e. The Morgan fingerprint density at radius 2 is 1.91 bits per heavy atom. The first-order valence-electron chi connectivity index (χ1n) is 10.8. The average molecular weight is 514 g/mol. The Balaban J connectivity index is 0.000000429. The SMILES string of the molecule is Cc1cccc(S(=O)(=O)N2CCC3(CC3C(=O)N(C)Cc3ccccn3)C2)c1.O=C(O)C(F)(F)F. The lowest BCUT2D eigenvalue weighted by Crippen LogP contribution is -2.32. The summed E-state index contributed by atoms with van der Waals surface area (Å²) >= 11 is 0. The highest BCUT2D eigenvalue weighted by molar-refractivity contribution is 7.89. The second kappa shape index (κ2) is 9.94. The molecular formula is C23H26F3N3O5S. The number of hydrogen-bond acceptors (Lipinski definition) is 5. The predicted molar refractivity (Wildman–Crippen MR) is 119 cm³/mol. The minimum atomic E-state index is -5.08. The van der Waals surface area contributed by atoms with E-state index in [1.54, 1.807) is 40.6 Å². The second-order valence-electron chi connectivity index (χ2n) is 8.84. The molecule has 0 bridgehead atoms. The number of alkyl halides is 3. The number of pyridine rings is 1. The normalized spacial score (nSPS) is 21.8.